The van der Waals surface area contributed by atoms with Gasteiger partial charge in [0.15, 0.2) is 5.41 Å². The van der Waals surface area contributed by atoms with Crippen LogP contribution in [0.5, 0.6) is 0 Å². The van der Waals surface area contributed by atoms with Crippen molar-refractivity contribution in [3.8, 4) is 12.1 Å². The van der Waals surface area contributed by atoms with Gasteiger partial charge in [-0.1, -0.05) is 52.3 Å². The first kappa shape index (κ1) is 17.3. The molecule has 1 saturated heterocycles. The molecule has 2 aromatic rings. The Morgan fingerprint density at radius 2 is 1.89 bits per heavy atom. The largest absolute Gasteiger partial charge is 0.368 e. The van der Waals surface area contributed by atoms with Crippen LogP contribution in [-0.2, 0) is 4.79 Å². The van der Waals surface area contributed by atoms with Crippen LogP contribution < -0.4 is 5.73 Å². The van der Waals surface area contributed by atoms with Crippen LogP contribution in [-0.4, -0.2) is 16.8 Å². The van der Waals surface area contributed by atoms with Gasteiger partial charge in [-0.3, -0.25) is 4.79 Å². The number of benzene rings is 2. The number of hydrogen-bond donors (Lipinski definition) is 1. The molecule has 1 amide bonds. The van der Waals surface area contributed by atoms with Gasteiger partial charge in [0.05, 0.1) is 18.2 Å². The molecule has 0 bridgehead atoms. The summed E-state index contributed by atoms with van der Waals surface area (Å²) in [5.41, 5.74) is 6.84. The lowest BCUT2D eigenvalue weighted by Crippen LogP contribution is -2.41. The second-order valence-electron chi connectivity index (χ2n) is 6.77. The summed E-state index contributed by atoms with van der Waals surface area (Å²) in [6.07, 6.45) is 3.68. The fraction of sp³-hybridized carbons (Fsp3) is 0.190. The smallest absolute Gasteiger partial charge is 0.240 e. The maximum absolute atomic E-state index is 12.5. The van der Waals surface area contributed by atoms with Gasteiger partial charge in [-0.05, 0) is 34.9 Å². The zero-order chi connectivity index (χ0) is 19.2. The zero-order valence-corrected chi connectivity index (χ0v) is 15.8. The SMILES string of the molecule is N#CC1(C#N)[C@@H](c2cccc(Br)c2)[C@@H](C(N)=O)N2C=Cc3ccccc3[C@@H]21. The van der Waals surface area contributed by atoms with Gasteiger partial charge in [-0.2, -0.15) is 10.5 Å². The molecule has 0 aliphatic carbocycles. The Balaban J connectivity index is 2.02. The quantitative estimate of drug-likeness (QED) is 0.807. The third-order valence-corrected chi connectivity index (χ3v) is 5.94. The molecular formula is C21H15BrN4O. The predicted molar refractivity (Wildman–Crippen MR) is 104 cm³/mol. The first-order valence-electron chi connectivity index (χ1n) is 8.45. The fourth-order valence-electron chi connectivity index (χ4n) is 4.39. The molecule has 2 aliphatic rings. The molecule has 2 aliphatic heterocycles. The monoisotopic (exact) mass is 418 g/mol. The van der Waals surface area contributed by atoms with E-state index < -0.39 is 29.3 Å². The Labute approximate surface area is 165 Å². The average molecular weight is 419 g/mol. The van der Waals surface area contributed by atoms with Gasteiger partial charge in [0.2, 0.25) is 5.91 Å². The molecule has 27 heavy (non-hydrogen) atoms. The molecule has 0 unspecified atom stereocenters. The molecule has 1 fully saturated rings. The highest BCUT2D eigenvalue weighted by atomic mass is 79.9. The molecule has 0 radical (unpaired) electrons. The van der Waals surface area contributed by atoms with Crippen LogP contribution in [0.2, 0.25) is 0 Å². The van der Waals surface area contributed by atoms with E-state index in [1.165, 1.54) is 0 Å². The zero-order valence-electron chi connectivity index (χ0n) is 14.2. The van der Waals surface area contributed by atoms with Crippen molar-refractivity contribution < 1.29 is 4.79 Å². The molecule has 2 heterocycles. The van der Waals surface area contributed by atoms with Crippen molar-refractivity contribution in [1.29, 1.82) is 10.5 Å². The number of hydrogen-bond acceptors (Lipinski definition) is 4. The lowest BCUT2D eigenvalue weighted by Gasteiger charge is -2.34. The minimum Gasteiger partial charge on any atom is -0.368 e. The number of amides is 1. The second-order valence-corrected chi connectivity index (χ2v) is 7.68. The molecule has 6 heteroatoms. The van der Waals surface area contributed by atoms with Crippen LogP contribution in [0.3, 0.4) is 0 Å². The molecule has 0 saturated carbocycles. The van der Waals surface area contributed by atoms with Crippen LogP contribution in [0, 0.1) is 28.1 Å². The van der Waals surface area contributed by atoms with E-state index in [0.29, 0.717) is 0 Å². The molecule has 132 valence electrons. The number of rotatable bonds is 2. The van der Waals surface area contributed by atoms with Crippen molar-refractivity contribution in [2.45, 2.75) is 18.0 Å². The van der Waals surface area contributed by atoms with Gasteiger partial charge in [-0.25, -0.2) is 0 Å². The van der Waals surface area contributed by atoms with Crippen LogP contribution >= 0.6 is 15.9 Å². The standard InChI is InChI=1S/C21H15BrN4O/c22-15-6-3-5-14(10-15)17-18(20(25)27)26-9-8-13-4-1-2-7-16(13)19(26)21(17,11-23)12-24/h1-10,17-19H,(H2,25,27)/t17-,18-,19+/m0/s1. The highest BCUT2D eigenvalue weighted by molar-refractivity contribution is 9.10. The van der Waals surface area contributed by atoms with Gasteiger partial charge in [-0.15, -0.1) is 0 Å². The lowest BCUT2D eigenvalue weighted by atomic mass is 9.68. The Hall–Kier alpha value is -3.09. The van der Waals surface area contributed by atoms with E-state index in [1.807, 2.05) is 54.6 Å². The minimum absolute atomic E-state index is 0.554. The number of halogens is 1. The van der Waals surface area contributed by atoms with E-state index in [1.54, 1.807) is 11.1 Å². The number of primary amides is 1. The van der Waals surface area contributed by atoms with E-state index in [2.05, 4.69) is 28.1 Å². The van der Waals surface area contributed by atoms with Gasteiger partial charge in [0.25, 0.3) is 0 Å². The van der Waals surface area contributed by atoms with Crippen molar-refractivity contribution in [3.05, 3.63) is 75.9 Å². The maximum Gasteiger partial charge on any atom is 0.240 e. The minimum atomic E-state index is -1.46. The van der Waals surface area contributed by atoms with Gasteiger partial charge < -0.3 is 10.6 Å². The van der Waals surface area contributed by atoms with Gasteiger partial charge >= 0.3 is 0 Å². The Bertz CT molecular complexity index is 1030. The van der Waals surface area contributed by atoms with Gasteiger partial charge in [0.1, 0.15) is 6.04 Å². The number of nitrogens with zero attached hydrogens (tertiary/aromatic N) is 3. The number of fused-ring (bicyclic) bond motifs is 3. The van der Waals surface area contributed by atoms with Crippen molar-refractivity contribution in [1.82, 2.24) is 4.90 Å². The molecule has 2 aromatic carbocycles. The molecule has 0 aromatic heterocycles. The van der Waals surface area contributed by atoms with Crippen LogP contribution in [0.4, 0.5) is 0 Å². The molecular weight excluding hydrogens is 404 g/mol. The molecule has 5 nitrogen and oxygen atoms in total. The number of nitrogens with two attached hydrogens (primary N) is 1. The Morgan fingerprint density at radius 1 is 1.15 bits per heavy atom. The van der Waals surface area contributed by atoms with Gasteiger partial charge in [0, 0.05) is 16.6 Å². The predicted octanol–water partition coefficient (Wildman–Crippen LogP) is 3.46. The van der Waals surface area contributed by atoms with Crippen LogP contribution in [0.15, 0.2) is 59.2 Å². The molecule has 4 rings (SSSR count). The summed E-state index contributed by atoms with van der Waals surface area (Å²) in [5, 5.41) is 20.4. The van der Waals surface area contributed by atoms with Crippen molar-refractivity contribution >= 4 is 27.9 Å². The van der Waals surface area contributed by atoms with Crippen molar-refractivity contribution in [2.75, 3.05) is 0 Å². The Kier molecular flexibility index (Phi) is 4.02. The molecule has 0 spiro atoms. The Morgan fingerprint density at radius 3 is 2.56 bits per heavy atom. The first-order valence-corrected chi connectivity index (χ1v) is 9.24. The topological polar surface area (TPSA) is 93.9 Å². The van der Waals surface area contributed by atoms with E-state index in [4.69, 9.17) is 5.73 Å². The highest BCUT2D eigenvalue weighted by Gasteiger charge is 2.63. The second kappa shape index (κ2) is 6.26. The van der Waals surface area contributed by atoms with E-state index >= 15 is 0 Å². The summed E-state index contributed by atoms with van der Waals surface area (Å²) in [6.45, 7) is 0. The normalized spacial score (nSPS) is 24.4. The lowest BCUT2D eigenvalue weighted by molar-refractivity contribution is -0.122. The summed E-state index contributed by atoms with van der Waals surface area (Å²) in [5.74, 6) is -1.23. The van der Waals surface area contributed by atoms with Crippen molar-refractivity contribution in [3.63, 3.8) is 0 Å². The first-order chi connectivity index (χ1) is 13.0. The summed E-state index contributed by atoms with van der Waals surface area (Å²) < 4.78 is 0.814. The average Bonchev–Trinajstić information content (AvgIpc) is 2.99. The third kappa shape index (κ3) is 2.38. The highest BCUT2D eigenvalue weighted by Crippen LogP contribution is 2.59. The summed E-state index contributed by atoms with van der Waals surface area (Å²) in [4.78, 5) is 14.3. The van der Waals surface area contributed by atoms with E-state index in [0.717, 1.165) is 21.2 Å². The molecule has 3 atom stereocenters. The third-order valence-electron chi connectivity index (χ3n) is 5.44. The number of nitriles is 2. The van der Waals surface area contributed by atoms with E-state index in [-0.39, 0.29) is 0 Å². The summed E-state index contributed by atoms with van der Waals surface area (Å²) in [6, 6.07) is 18.2. The molecule has 2 N–H and O–H groups in total. The summed E-state index contributed by atoms with van der Waals surface area (Å²) in [7, 11) is 0. The number of carbonyl (C=O) groups is 1. The van der Waals surface area contributed by atoms with Crippen LogP contribution in [0.25, 0.3) is 6.08 Å². The number of carbonyl (C=O) groups excluding carboxylic acids is 1. The van der Waals surface area contributed by atoms with Crippen molar-refractivity contribution in [2.24, 2.45) is 11.1 Å². The van der Waals surface area contributed by atoms with E-state index in [9.17, 15) is 15.3 Å². The van der Waals surface area contributed by atoms with Crippen LogP contribution in [0.1, 0.15) is 28.7 Å². The fourth-order valence-corrected chi connectivity index (χ4v) is 4.81. The maximum atomic E-state index is 12.5. The summed E-state index contributed by atoms with van der Waals surface area (Å²) >= 11 is 3.44.